The van der Waals surface area contributed by atoms with Crippen LogP contribution >= 0.6 is 7.82 Å². The van der Waals surface area contributed by atoms with Gasteiger partial charge in [-0.2, -0.15) is 0 Å². The molecule has 0 saturated heterocycles. The van der Waals surface area contributed by atoms with Gasteiger partial charge in [0.15, 0.2) is 0 Å². The Morgan fingerprint density at radius 3 is 1.73 bits per heavy atom. The molecule has 0 aliphatic carbocycles. The van der Waals surface area contributed by atoms with Crippen molar-refractivity contribution in [2.75, 3.05) is 13.2 Å². The van der Waals surface area contributed by atoms with E-state index in [9.17, 15) is 4.57 Å². The molecule has 0 amide bonds. The van der Waals surface area contributed by atoms with E-state index in [1.807, 2.05) is 13.8 Å². The van der Waals surface area contributed by atoms with Crippen molar-refractivity contribution >= 4 is 7.82 Å². The summed E-state index contributed by atoms with van der Waals surface area (Å²) < 4.78 is 19.4. The average molecular weight is 242 g/mol. The van der Waals surface area contributed by atoms with Crippen molar-refractivity contribution in [3.63, 3.8) is 0 Å². The van der Waals surface area contributed by atoms with Crippen molar-refractivity contribution in [1.82, 2.24) is 0 Å². The van der Waals surface area contributed by atoms with E-state index >= 15 is 0 Å². The van der Waals surface area contributed by atoms with Gasteiger partial charge in [-0.25, -0.2) is 14.3 Å². The normalized spacial score (nSPS) is 11.9. The fraction of sp³-hybridized carbons (Fsp3) is 1.00. The van der Waals surface area contributed by atoms with Gasteiger partial charge < -0.3 is 0 Å². The Labute approximate surface area is 90.0 Å². The fourth-order valence-electron chi connectivity index (χ4n) is 0.627. The lowest BCUT2D eigenvalue weighted by atomic mass is 10.4. The summed E-state index contributed by atoms with van der Waals surface area (Å²) in [5.41, 5.74) is 0. The molecule has 0 bridgehead atoms. The van der Waals surface area contributed by atoms with Crippen LogP contribution in [-0.4, -0.2) is 18.1 Å². The molecule has 0 heterocycles. The predicted molar refractivity (Wildman–Crippen MR) is 53.7 cm³/mol. The van der Waals surface area contributed by atoms with Gasteiger partial charge in [0.05, 0.1) is 13.2 Å². The summed E-state index contributed by atoms with van der Waals surface area (Å²) in [4.78, 5) is 17.9. The van der Waals surface area contributed by atoms with Crippen LogP contribution in [-0.2, 0) is 23.7 Å². The minimum absolute atomic E-state index is 0.249. The minimum atomic E-state index is -4.22. The number of phosphoric acid groups is 1. The van der Waals surface area contributed by atoms with Gasteiger partial charge in [0.1, 0.15) is 0 Å². The van der Waals surface area contributed by atoms with Gasteiger partial charge in [-0.1, -0.05) is 26.7 Å². The summed E-state index contributed by atoms with van der Waals surface area (Å²) in [6.07, 6.45) is 3.31. The quantitative estimate of drug-likeness (QED) is 0.274. The molecule has 0 saturated carbocycles. The van der Waals surface area contributed by atoms with Crippen LogP contribution in [0.5, 0.6) is 0 Å². The first kappa shape index (κ1) is 15.0. The molecule has 0 fully saturated rings. The Hall–Kier alpha value is 0.0300. The SMILES string of the molecule is CCCCOOP(=O)(O)OOCCCC. The second-order valence-corrected chi connectivity index (χ2v) is 4.20. The van der Waals surface area contributed by atoms with Crippen molar-refractivity contribution in [2.45, 2.75) is 39.5 Å². The number of hydrogen-bond donors (Lipinski definition) is 1. The van der Waals surface area contributed by atoms with Crippen molar-refractivity contribution < 1.29 is 28.6 Å². The Balaban J connectivity index is 3.45. The van der Waals surface area contributed by atoms with Gasteiger partial charge in [0.2, 0.25) is 0 Å². The summed E-state index contributed by atoms with van der Waals surface area (Å²) in [5.74, 6) is 0. The number of unbranched alkanes of at least 4 members (excludes halogenated alkanes) is 2. The highest BCUT2D eigenvalue weighted by atomic mass is 31.2. The molecule has 0 atom stereocenters. The minimum Gasteiger partial charge on any atom is -0.299 e. The summed E-state index contributed by atoms with van der Waals surface area (Å²) in [5, 5.41) is 0. The molecule has 92 valence electrons. The lowest BCUT2D eigenvalue weighted by Gasteiger charge is -2.09. The Kier molecular flexibility index (Phi) is 9.29. The van der Waals surface area contributed by atoms with E-state index in [1.54, 1.807) is 0 Å². The van der Waals surface area contributed by atoms with Crippen molar-refractivity contribution in [2.24, 2.45) is 0 Å². The highest BCUT2D eigenvalue weighted by Gasteiger charge is 2.24. The molecule has 0 aromatic heterocycles. The first-order valence-electron chi connectivity index (χ1n) is 5.07. The van der Waals surface area contributed by atoms with Crippen LogP contribution in [0.25, 0.3) is 0 Å². The largest absolute Gasteiger partial charge is 0.526 e. The Bertz CT molecular complexity index is 170. The lowest BCUT2D eigenvalue weighted by molar-refractivity contribution is -0.279. The van der Waals surface area contributed by atoms with Crippen molar-refractivity contribution in [1.29, 1.82) is 0 Å². The molecular formula is C8H19O6P. The Morgan fingerprint density at radius 2 is 1.40 bits per heavy atom. The van der Waals surface area contributed by atoms with Gasteiger partial charge in [-0.3, -0.25) is 4.89 Å². The van der Waals surface area contributed by atoms with Gasteiger partial charge in [0, 0.05) is 0 Å². The van der Waals surface area contributed by atoms with E-state index in [-0.39, 0.29) is 13.2 Å². The van der Waals surface area contributed by atoms with E-state index in [0.717, 1.165) is 25.7 Å². The van der Waals surface area contributed by atoms with E-state index in [2.05, 4.69) is 19.1 Å². The second-order valence-electron chi connectivity index (χ2n) is 2.97. The molecule has 7 heteroatoms. The number of hydrogen-bond acceptors (Lipinski definition) is 5. The second kappa shape index (κ2) is 9.27. The third-order valence-electron chi connectivity index (χ3n) is 1.46. The van der Waals surface area contributed by atoms with Crippen LogP contribution < -0.4 is 0 Å². The molecule has 0 radical (unpaired) electrons. The van der Waals surface area contributed by atoms with E-state index < -0.39 is 7.82 Å². The van der Waals surface area contributed by atoms with Crippen LogP contribution in [0.4, 0.5) is 0 Å². The van der Waals surface area contributed by atoms with Crippen LogP contribution in [0, 0.1) is 0 Å². The fourth-order valence-corrected chi connectivity index (χ4v) is 1.07. The van der Waals surface area contributed by atoms with Crippen LogP contribution in [0.1, 0.15) is 39.5 Å². The molecule has 0 aromatic carbocycles. The van der Waals surface area contributed by atoms with Crippen LogP contribution in [0.15, 0.2) is 0 Å². The maximum absolute atomic E-state index is 11.0. The lowest BCUT2D eigenvalue weighted by Crippen LogP contribution is -2.00. The zero-order valence-corrected chi connectivity index (χ0v) is 10.1. The first-order valence-corrected chi connectivity index (χ1v) is 6.57. The summed E-state index contributed by atoms with van der Waals surface area (Å²) in [6.45, 7) is 4.43. The number of rotatable bonds is 10. The van der Waals surface area contributed by atoms with E-state index in [0.29, 0.717) is 0 Å². The molecular weight excluding hydrogens is 223 g/mol. The van der Waals surface area contributed by atoms with Crippen molar-refractivity contribution in [3.8, 4) is 0 Å². The summed E-state index contributed by atoms with van der Waals surface area (Å²) in [6, 6.07) is 0. The average Bonchev–Trinajstić information content (AvgIpc) is 2.20. The monoisotopic (exact) mass is 242 g/mol. The maximum atomic E-state index is 11.0. The van der Waals surface area contributed by atoms with E-state index in [1.165, 1.54) is 0 Å². The maximum Gasteiger partial charge on any atom is 0.526 e. The van der Waals surface area contributed by atoms with Gasteiger partial charge in [-0.05, 0) is 12.8 Å². The molecule has 0 spiro atoms. The highest BCUT2D eigenvalue weighted by molar-refractivity contribution is 7.47. The van der Waals surface area contributed by atoms with Gasteiger partial charge >= 0.3 is 7.82 Å². The first-order chi connectivity index (χ1) is 7.12. The molecule has 0 rings (SSSR count). The summed E-state index contributed by atoms with van der Waals surface area (Å²) in [7, 11) is -4.22. The predicted octanol–water partition coefficient (Wildman–Crippen LogP) is 2.58. The molecule has 0 aliphatic heterocycles. The summed E-state index contributed by atoms with van der Waals surface area (Å²) >= 11 is 0. The third kappa shape index (κ3) is 10.3. The van der Waals surface area contributed by atoms with Crippen LogP contribution in [0.3, 0.4) is 0 Å². The molecule has 0 aromatic rings. The standard InChI is InChI=1S/C8H19O6P/c1-3-5-7-11-13-15(9,10)14-12-8-6-4-2/h3-8H2,1-2H3,(H,9,10). The van der Waals surface area contributed by atoms with Crippen LogP contribution in [0.2, 0.25) is 0 Å². The van der Waals surface area contributed by atoms with Gasteiger partial charge in [0.25, 0.3) is 0 Å². The third-order valence-corrected chi connectivity index (χ3v) is 2.04. The molecule has 0 unspecified atom stereocenters. The smallest absolute Gasteiger partial charge is 0.299 e. The Morgan fingerprint density at radius 1 is 1.00 bits per heavy atom. The molecule has 15 heavy (non-hydrogen) atoms. The highest BCUT2D eigenvalue weighted by Crippen LogP contribution is 2.43. The topological polar surface area (TPSA) is 74.2 Å². The van der Waals surface area contributed by atoms with Gasteiger partial charge in [-0.15, -0.1) is 9.35 Å². The van der Waals surface area contributed by atoms with Crippen molar-refractivity contribution in [3.05, 3.63) is 0 Å². The molecule has 6 nitrogen and oxygen atoms in total. The zero-order valence-electron chi connectivity index (χ0n) is 9.18. The van der Waals surface area contributed by atoms with E-state index in [4.69, 9.17) is 4.89 Å². The molecule has 1 N–H and O–H groups in total. The zero-order chi connectivity index (χ0) is 11.6. The molecule has 0 aliphatic rings.